The van der Waals surface area contributed by atoms with Crippen LogP contribution in [0.15, 0.2) is 6.07 Å². The van der Waals surface area contributed by atoms with E-state index in [2.05, 4.69) is 9.72 Å². The Kier molecular flexibility index (Phi) is 3.83. The topological polar surface area (TPSA) is 65.2 Å². The molecule has 0 atom stereocenters. The second kappa shape index (κ2) is 4.93. The minimum absolute atomic E-state index is 0.0551. The van der Waals surface area contributed by atoms with Crippen LogP contribution >= 0.6 is 0 Å². The van der Waals surface area contributed by atoms with E-state index in [4.69, 9.17) is 5.73 Å². The van der Waals surface area contributed by atoms with Gasteiger partial charge in [0, 0.05) is 12.1 Å². The number of carbonyl (C=O) groups is 1. The van der Waals surface area contributed by atoms with Crippen molar-refractivity contribution >= 4 is 5.97 Å². The predicted octanol–water partition coefficient (Wildman–Crippen LogP) is 1.40. The Balaban J connectivity index is 3.39. The third kappa shape index (κ3) is 2.30. The van der Waals surface area contributed by atoms with Gasteiger partial charge in [0.25, 0.3) is 6.43 Å². The normalized spacial score (nSPS) is 10.6. The lowest BCUT2D eigenvalue weighted by atomic mass is 10.1. The van der Waals surface area contributed by atoms with E-state index in [0.717, 1.165) is 13.2 Å². The molecular weight excluding hydrogens is 225 g/mol. The van der Waals surface area contributed by atoms with Crippen molar-refractivity contribution in [1.82, 2.24) is 4.98 Å². The van der Waals surface area contributed by atoms with Crippen LogP contribution in [-0.2, 0) is 11.3 Å². The van der Waals surface area contributed by atoms with Crippen molar-refractivity contribution in [2.45, 2.75) is 13.0 Å². The molecule has 1 rings (SSSR count). The molecule has 0 amide bonds. The molecule has 1 aromatic heterocycles. The Labute approximate surface area is 89.2 Å². The highest BCUT2D eigenvalue weighted by atomic mass is 19.3. The molecule has 1 heterocycles. The fourth-order valence-corrected chi connectivity index (χ4v) is 1.17. The van der Waals surface area contributed by atoms with Crippen LogP contribution in [0.5, 0.6) is 0 Å². The number of ether oxygens (including phenoxy) is 1. The zero-order chi connectivity index (χ0) is 12.3. The van der Waals surface area contributed by atoms with E-state index in [-0.39, 0.29) is 12.2 Å². The van der Waals surface area contributed by atoms with Crippen LogP contribution in [0.1, 0.15) is 28.0 Å². The first-order valence-corrected chi connectivity index (χ1v) is 4.27. The van der Waals surface area contributed by atoms with Crippen molar-refractivity contribution in [3.05, 3.63) is 28.8 Å². The Morgan fingerprint density at radius 2 is 2.25 bits per heavy atom. The number of nitrogens with zero attached hydrogens (tertiary/aromatic N) is 1. The molecular formula is C9H9F3N2O2. The lowest BCUT2D eigenvalue weighted by Gasteiger charge is -2.09. The van der Waals surface area contributed by atoms with Crippen molar-refractivity contribution in [2.24, 2.45) is 5.73 Å². The molecule has 0 saturated heterocycles. The van der Waals surface area contributed by atoms with Gasteiger partial charge < -0.3 is 10.5 Å². The van der Waals surface area contributed by atoms with Crippen molar-refractivity contribution in [2.75, 3.05) is 7.11 Å². The summed E-state index contributed by atoms with van der Waals surface area (Å²) in [5.74, 6) is -2.49. The Morgan fingerprint density at radius 3 is 2.69 bits per heavy atom. The van der Waals surface area contributed by atoms with Gasteiger partial charge in [-0.1, -0.05) is 0 Å². The van der Waals surface area contributed by atoms with E-state index < -0.39 is 29.5 Å². The van der Waals surface area contributed by atoms with E-state index in [9.17, 15) is 18.0 Å². The maximum absolute atomic E-state index is 13.3. The van der Waals surface area contributed by atoms with Crippen molar-refractivity contribution in [3.63, 3.8) is 0 Å². The number of pyridine rings is 1. The standard InChI is InChI=1S/C9H9F3N2O2/c1-16-9(15)6-5(7(10)11)2-4(3-13)14-8(6)12/h2,7H,3,13H2,1H3. The Hall–Kier alpha value is -1.63. The van der Waals surface area contributed by atoms with Gasteiger partial charge in [-0.3, -0.25) is 0 Å². The number of alkyl halides is 2. The van der Waals surface area contributed by atoms with Crippen LogP contribution < -0.4 is 5.73 Å². The predicted molar refractivity (Wildman–Crippen MR) is 48.4 cm³/mol. The summed E-state index contributed by atoms with van der Waals surface area (Å²) in [6.07, 6.45) is -3.00. The minimum atomic E-state index is -3.00. The number of methoxy groups -OCH3 is 1. The second-order valence-corrected chi connectivity index (χ2v) is 2.87. The molecule has 7 heteroatoms. The number of nitrogens with two attached hydrogens (primary N) is 1. The van der Waals surface area contributed by atoms with E-state index in [0.29, 0.717) is 0 Å². The quantitative estimate of drug-likeness (QED) is 0.634. The summed E-state index contributed by atoms with van der Waals surface area (Å²) in [5, 5.41) is 0. The van der Waals surface area contributed by atoms with Crippen LogP contribution in [0.3, 0.4) is 0 Å². The smallest absolute Gasteiger partial charge is 0.343 e. The summed E-state index contributed by atoms with van der Waals surface area (Å²) in [4.78, 5) is 14.4. The highest BCUT2D eigenvalue weighted by Gasteiger charge is 2.25. The number of hydrogen-bond donors (Lipinski definition) is 1. The average Bonchev–Trinajstić information content (AvgIpc) is 2.26. The summed E-state index contributed by atoms with van der Waals surface area (Å²) < 4.78 is 42.6. The summed E-state index contributed by atoms with van der Waals surface area (Å²) in [6.45, 7) is -0.196. The summed E-state index contributed by atoms with van der Waals surface area (Å²) in [7, 11) is 0.966. The van der Waals surface area contributed by atoms with E-state index in [1.165, 1.54) is 0 Å². The van der Waals surface area contributed by atoms with Gasteiger partial charge >= 0.3 is 5.97 Å². The summed E-state index contributed by atoms with van der Waals surface area (Å²) in [5.41, 5.74) is 3.48. The van der Waals surface area contributed by atoms with Gasteiger partial charge in [0.2, 0.25) is 5.95 Å². The molecule has 0 radical (unpaired) electrons. The van der Waals surface area contributed by atoms with Crippen LogP contribution in [-0.4, -0.2) is 18.1 Å². The fourth-order valence-electron chi connectivity index (χ4n) is 1.17. The van der Waals surface area contributed by atoms with Crippen molar-refractivity contribution in [1.29, 1.82) is 0 Å². The first-order valence-electron chi connectivity index (χ1n) is 4.27. The number of hydrogen-bond acceptors (Lipinski definition) is 4. The maximum Gasteiger partial charge on any atom is 0.343 e. The van der Waals surface area contributed by atoms with Gasteiger partial charge in [-0.05, 0) is 6.07 Å². The summed E-state index contributed by atoms with van der Waals surface area (Å²) >= 11 is 0. The SMILES string of the molecule is COC(=O)c1c(C(F)F)cc(CN)nc1F. The minimum Gasteiger partial charge on any atom is -0.465 e. The number of aromatic nitrogens is 1. The molecule has 4 nitrogen and oxygen atoms in total. The van der Waals surface area contributed by atoms with Gasteiger partial charge in [-0.15, -0.1) is 0 Å². The highest BCUT2D eigenvalue weighted by Crippen LogP contribution is 2.25. The largest absolute Gasteiger partial charge is 0.465 e. The number of halogens is 3. The molecule has 0 saturated carbocycles. The molecule has 0 bridgehead atoms. The molecule has 0 unspecified atom stereocenters. The molecule has 0 aliphatic heterocycles. The first kappa shape index (κ1) is 12.4. The zero-order valence-corrected chi connectivity index (χ0v) is 8.34. The van der Waals surface area contributed by atoms with Gasteiger partial charge in [0.15, 0.2) is 0 Å². The molecule has 0 aromatic carbocycles. The molecule has 2 N–H and O–H groups in total. The highest BCUT2D eigenvalue weighted by molar-refractivity contribution is 5.91. The van der Waals surface area contributed by atoms with Crippen LogP contribution in [0.25, 0.3) is 0 Å². The van der Waals surface area contributed by atoms with Crippen LogP contribution in [0.2, 0.25) is 0 Å². The van der Waals surface area contributed by atoms with E-state index >= 15 is 0 Å². The van der Waals surface area contributed by atoms with Gasteiger partial charge in [-0.25, -0.2) is 18.6 Å². The lowest BCUT2D eigenvalue weighted by Crippen LogP contribution is -2.13. The molecule has 0 aliphatic carbocycles. The average molecular weight is 234 g/mol. The second-order valence-electron chi connectivity index (χ2n) is 2.87. The molecule has 1 aromatic rings. The number of carbonyl (C=O) groups excluding carboxylic acids is 1. The molecule has 0 fully saturated rings. The molecule has 0 aliphatic rings. The first-order chi connectivity index (χ1) is 7.51. The maximum atomic E-state index is 13.3. The number of esters is 1. The van der Waals surface area contributed by atoms with Gasteiger partial charge in [0.1, 0.15) is 5.56 Å². The number of rotatable bonds is 3. The Bertz CT molecular complexity index is 410. The van der Waals surface area contributed by atoms with E-state index in [1.54, 1.807) is 0 Å². The fraction of sp³-hybridized carbons (Fsp3) is 0.333. The van der Waals surface area contributed by atoms with Crippen molar-refractivity contribution in [3.8, 4) is 0 Å². The third-order valence-corrected chi connectivity index (χ3v) is 1.89. The zero-order valence-electron chi connectivity index (χ0n) is 8.34. The summed E-state index contributed by atoms with van der Waals surface area (Å²) in [6, 6.07) is 0.889. The van der Waals surface area contributed by atoms with E-state index in [1.807, 2.05) is 0 Å². The van der Waals surface area contributed by atoms with Gasteiger partial charge in [0.05, 0.1) is 12.8 Å². The molecule has 0 spiro atoms. The van der Waals surface area contributed by atoms with Crippen LogP contribution in [0.4, 0.5) is 13.2 Å². The molecule has 16 heavy (non-hydrogen) atoms. The lowest BCUT2D eigenvalue weighted by molar-refractivity contribution is 0.0581. The van der Waals surface area contributed by atoms with Crippen molar-refractivity contribution < 1.29 is 22.7 Å². The molecule has 88 valence electrons. The monoisotopic (exact) mass is 234 g/mol. The third-order valence-electron chi connectivity index (χ3n) is 1.89. The Morgan fingerprint density at radius 1 is 1.62 bits per heavy atom. The van der Waals surface area contributed by atoms with Gasteiger partial charge in [-0.2, -0.15) is 4.39 Å². The van der Waals surface area contributed by atoms with Crippen LogP contribution in [0, 0.1) is 5.95 Å².